The maximum atomic E-state index is 14.0. The number of anilines is 1. The number of halogens is 2. The van der Waals surface area contributed by atoms with E-state index in [2.05, 4.69) is 10.3 Å². The zero-order valence-electron chi connectivity index (χ0n) is 16.9. The van der Waals surface area contributed by atoms with Gasteiger partial charge >= 0.3 is 0 Å². The predicted octanol–water partition coefficient (Wildman–Crippen LogP) is 2.85. The van der Waals surface area contributed by atoms with Crippen LogP contribution in [0.2, 0.25) is 5.02 Å². The number of carbonyl (C=O) groups excluding carboxylic acids is 1. The van der Waals surface area contributed by atoms with E-state index in [0.717, 1.165) is 11.8 Å². The van der Waals surface area contributed by atoms with Crippen LogP contribution in [0.3, 0.4) is 0 Å². The fraction of sp³-hybridized carbons (Fsp3) is 0.381. The summed E-state index contributed by atoms with van der Waals surface area (Å²) in [7, 11) is 0. The first-order valence-corrected chi connectivity index (χ1v) is 10.1. The van der Waals surface area contributed by atoms with Crippen molar-refractivity contribution in [3.8, 4) is 5.75 Å². The van der Waals surface area contributed by atoms with Crippen LogP contribution in [0.1, 0.15) is 29.8 Å². The zero-order chi connectivity index (χ0) is 22.0. The average molecular weight is 447 g/mol. The molecule has 2 spiro atoms. The van der Waals surface area contributed by atoms with Crippen LogP contribution in [0, 0.1) is 11.4 Å². The van der Waals surface area contributed by atoms with Crippen LogP contribution in [-0.4, -0.2) is 42.3 Å². The first kappa shape index (κ1) is 20.0. The summed E-state index contributed by atoms with van der Waals surface area (Å²) in [4.78, 5) is 20.8. The Bertz CT molecular complexity index is 1130. The van der Waals surface area contributed by atoms with E-state index in [1.807, 2.05) is 13.8 Å². The molecule has 3 N–H and O–H groups in total. The number of aromatic nitrogens is 1. The second-order valence-electron chi connectivity index (χ2n) is 8.44. The lowest BCUT2D eigenvalue weighted by molar-refractivity contribution is -0.247. The van der Waals surface area contributed by atoms with Crippen molar-refractivity contribution >= 4 is 29.2 Å². The number of nitrogens with two attached hydrogens (primary N) is 1. The van der Waals surface area contributed by atoms with E-state index in [-0.39, 0.29) is 23.2 Å². The van der Waals surface area contributed by atoms with Crippen LogP contribution >= 0.6 is 11.6 Å². The van der Waals surface area contributed by atoms with Gasteiger partial charge in [-0.3, -0.25) is 4.79 Å². The summed E-state index contributed by atoms with van der Waals surface area (Å²) in [6.45, 7) is 5.07. The standard InChI is InChI=1S/C21H20ClFN4O4/c1-19(2)20(8-29-9-20)21(10-30-18(24)27-21)14-6-12(3-4-15(14)31-19)26-17(28)13-5-11(22)7-25-16(13)23/h3-7H,8-10H2,1-2H3,(H2,24,27)(H,26,28). The summed E-state index contributed by atoms with van der Waals surface area (Å²) in [5.41, 5.74) is 4.88. The molecule has 0 bridgehead atoms. The summed E-state index contributed by atoms with van der Waals surface area (Å²) in [5.74, 6) is -0.974. The quantitative estimate of drug-likeness (QED) is 0.687. The van der Waals surface area contributed by atoms with Gasteiger partial charge in [0.1, 0.15) is 23.5 Å². The average Bonchev–Trinajstić information content (AvgIpc) is 3.05. The molecule has 162 valence electrons. The Morgan fingerprint density at radius 2 is 2.03 bits per heavy atom. The molecule has 1 amide bonds. The molecule has 0 aliphatic carbocycles. The summed E-state index contributed by atoms with van der Waals surface area (Å²) < 4.78 is 31.5. The Kier molecular flexibility index (Phi) is 4.22. The molecular weight excluding hydrogens is 427 g/mol. The van der Waals surface area contributed by atoms with Gasteiger partial charge in [0.2, 0.25) is 5.95 Å². The summed E-state index contributed by atoms with van der Waals surface area (Å²) in [6.07, 6.45) is 1.14. The number of carbonyl (C=O) groups is 1. The van der Waals surface area contributed by atoms with Gasteiger partial charge < -0.3 is 25.3 Å². The van der Waals surface area contributed by atoms with E-state index in [0.29, 0.717) is 24.7 Å². The van der Waals surface area contributed by atoms with Crippen molar-refractivity contribution in [1.82, 2.24) is 4.98 Å². The van der Waals surface area contributed by atoms with Gasteiger partial charge in [0.25, 0.3) is 11.9 Å². The molecule has 1 aromatic heterocycles. The molecule has 31 heavy (non-hydrogen) atoms. The molecule has 1 atom stereocenters. The molecule has 1 aromatic carbocycles. The van der Waals surface area contributed by atoms with E-state index in [9.17, 15) is 9.18 Å². The minimum Gasteiger partial charge on any atom is -0.487 e. The fourth-order valence-electron chi connectivity index (χ4n) is 4.64. The molecule has 0 radical (unpaired) electrons. The van der Waals surface area contributed by atoms with Gasteiger partial charge in [-0.05, 0) is 38.1 Å². The Labute approximate surface area is 182 Å². The Balaban J connectivity index is 1.57. The van der Waals surface area contributed by atoms with Crippen LogP contribution in [0.5, 0.6) is 5.75 Å². The van der Waals surface area contributed by atoms with Crippen molar-refractivity contribution < 1.29 is 23.4 Å². The van der Waals surface area contributed by atoms with Crippen molar-refractivity contribution in [2.45, 2.75) is 25.0 Å². The van der Waals surface area contributed by atoms with Crippen LogP contribution in [0.25, 0.3) is 0 Å². The highest BCUT2D eigenvalue weighted by atomic mass is 35.5. The minimum absolute atomic E-state index is 0.0939. The van der Waals surface area contributed by atoms with E-state index in [1.54, 1.807) is 18.2 Å². The molecule has 10 heteroatoms. The van der Waals surface area contributed by atoms with Crippen molar-refractivity contribution in [3.63, 3.8) is 0 Å². The number of hydrogen-bond donors (Lipinski definition) is 2. The number of nitrogens with one attached hydrogen (secondary N) is 1. The number of rotatable bonds is 2. The molecule has 1 unspecified atom stereocenters. The van der Waals surface area contributed by atoms with Crippen LogP contribution in [0.15, 0.2) is 35.5 Å². The lowest BCUT2D eigenvalue weighted by atomic mass is 9.55. The van der Waals surface area contributed by atoms with Crippen LogP contribution in [-0.2, 0) is 15.0 Å². The molecule has 5 rings (SSSR count). The topological polar surface area (TPSA) is 108 Å². The van der Waals surface area contributed by atoms with Gasteiger partial charge in [-0.1, -0.05) is 11.6 Å². The van der Waals surface area contributed by atoms with Gasteiger partial charge in [-0.15, -0.1) is 0 Å². The Morgan fingerprint density at radius 1 is 1.26 bits per heavy atom. The smallest absolute Gasteiger partial charge is 0.283 e. The van der Waals surface area contributed by atoms with E-state index < -0.39 is 28.4 Å². The molecule has 3 aliphatic heterocycles. The summed E-state index contributed by atoms with van der Waals surface area (Å²) >= 11 is 5.86. The highest BCUT2D eigenvalue weighted by Crippen LogP contribution is 2.62. The number of amides is 1. The Hall–Kier alpha value is -2.91. The number of pyridine rings is 1. The SMILES string of the molecule is CC1(C)Oc2ccc(NC(=O)c3cc(Cl)cnc3F)cc2C2(COC(N)=N2)C12COC2. The molecular formula is C21H20ClFN4O4. The number of hydrogen-bond acceptors (Lipinski definition) is 7. The van der Waals surface area contributed by atoms with Gasteiger partial charge in [-0.25, -0.2) is 9.98 Å². The highest BCUT2D eigenvalue weighted by molar-refractivity contribution is 6.30. The first-order valence-electron chi connectivity index (χ1n) is 9.69. The molecule has 8 nitrogen and oxygen atoms in total. The lowest BCUT2D eigenvalue weighted by Gasteiger charge is -2.61. The molecule has 1 fully saturated rings. The molecule has 3 aliphatic rings. The maximum Gasteiger partial charge on any atom is 0.283 e. The summed E-state index contributed by atoms with van der Waals surface area (Å²) in [6, 6.07) is 6.49. The van der Waals surface area contributed by atoms with Crippen molar-refractivity contribution in [1.29, 1.82) is 0 Å². The largest absolute Gasteiger partial charge is 0.487 e. The minimum atomic E-state index is -0.909. The third-order valence-electron chi connectivity index (χ3n) is 6.47. The summed E-state index contributed by atoms with van der Waals surface area (Å²) in [5, 5.41) is 2.85. The van der Waals surface area contributed by atoms with Crippen LogP contribution < -0.4 is 15.8 Å². The van der Waals surface area contributed by atoms with Gasteiger partial charge in [0, 0.05) is 17.4 Å². The number of aliphatic imine (C=N–C) groups is 1. The molecule has 1 saturated heterocycles. The normalized spacial score (nSPS) is 24.6. The van der Waals surface area contributed by atoms with Gasteiger partial charge in [0.05, 0.1) is 29.2 Å². The molecule has 0 saturated carbocycles. The number of fused-ring (bicyclic) bond motifs is 3. The number of nitrogens with zero attached hydrogens (tertiary/aromatic N) is 2. The number of benzene rings is 1. The van der Waals surface area contributed by atoms with Crippen LogP contribution in [0.4, 0.5) is 10.1 Å². The van der Waals surface area contributed by atoms with Crippen molar-refractivity contribution in [3.05, 3.63) is 52.6 Å². The third kappa shape index (κ3) is 2.73. The second kappa shape index (κ2) is 6.54. The Morgan fingerprint density at radius 3 is 2.68 bits per heavy atom. The first-order chi connectivity index (χ1) is 14.7. The third-order valence-corrected chi connectivity index (χ3v) is 6.68. The second-order valence-corrected chi connectivity index (χ2v) is 8.88. The predicted molar refractivity (Wildman–Crippen MR) is 111 cm³/mol. The molecule has 2 aromatic rings. The van der Waals surface area contributed by atoms with E-state index in [4.69, 9.17) is 36.5 Å². The lowest BCUT2D eigenvalue weighted by Crippen LogP contribution is -2.71. The molecule has 4 heterocycles. The van der Waals surface area contributed by atoms with Crippen molar-refractivity contribution in [2.24, 2.45) is 16.1 Å². The van der Waals surface area contributed by atoms with Gasteiger partial charge in [0.15, 0.2) is 0 Å². The zero-order valence-corrected chi connectivity index (χ0v) is 17.6. The van der Waals surface area contributed by atoms with E-state index in [1.165, 1.54) is 6.07 Å². The fourth-order valence-corrected chi connectivity index (χ4v) is 4.79. The number of amidine groups is 1. The maximum absolute atomic E-state index is 14.0. The number of ether oxygens (including phenoxy) is 3. The monoisotopic (exact) mass is 446 g/mol. The van der Waals surface area contributed by atoms with E-state index >= 15 is 0 Å². The highest BCUT2D eigenvalue weighted by Gasteiger charge is 2.71. The van der Waals surface area contributed by atoms with Crippen molar-refractivity contribution in [2.75, 3.05) is 25.1 Å². The van der Waals surface area contributed by atoms with Gasteiger partial charge in [-0.2, -0.15) is 4.39 Å².